The first kappa shape index (κ1) is 13.0. The monoisotopic (exact) mass is 251 g/mol. The van der Waals surface area contributed by atoms with Gasteiger partial charge in [0.2, 0.25) is 5.71 Å². The molecule has 1 aromatic carbocycles. The average Bonchev–Trinajstić information content (AvgIpc) is 2.32. The summed E-state index contributed by atoms with van der Waals surface area (Å²) in [6.07, 6.45) is 0. The molecule has 5 nitrogen and oxygen atoms in total. The highest BCUT2D eigenvalue weighted by molar-refractivity contribution is 6.43. The number of rotatable bonds is 4. The predicted molar refractivity (Wildman–Crippen MR) is 64.8 cm³/mol. The van der Waals surface area contributed by atoms with Gasteiger partial charge >= 0.3 is 5.97 Å². The minimum atomic E-state index is -0.769. The number of nitriles is 1. The highest BCUT2D eigenvalue weighted by atomic mass is 35.5. The van der Waals surface area contributed by atoms with Gasteiger partial charge < -0.3 is 4.74 Å². The maximum atomic E-state index is 11.2. The quantitative estimate of drug-likeness (QED) is 0.506. The number of carbonyl (C=O) groups excluding carboxylic acids is 1. The number of benzene rings is 1. The topological polar surface area (TPSA) is 74.5 Å². The second kappa shape index (κ2) is 6.51. The van der Waals surface area contributed by atoms with E-state index in [1.165, 1.54) is 0 Å². The van der Waals surface area contributed by atoms with Gasteiger partial charge in [-0.2, -0.15) is 10.4 Å². The normalized spacial score (nSPS) is 10.5. The SMILES string of the molecule is CCOC(=O)/C(C#N)=N\Nc1ccccc1Cl. The number of anilines is 1. The van der Waals surface area contributed by atoms with Gasteiger partial charge in [0, 0.05) is 0 Å². The lowest BCUT2D eigenvalue weighted by Crippen LogP contribution is -2.17. The van der Waals surface area contributed by atoms with E-state index < -0.39 is 5.97 Å². The van der Waals surface area contributed by atoms with E-state index in [1.54, 1.807) is 37.3 Å². The summed E-state index contributed by atoms with van der Waals surface area (Å²) in [6.45, 7) is 1.83. The third kappa shape index (κ3) is 3.78. The van der Waals surface area contributed by atoms with Crippen LogP contribution in [0, 0.1) is 11.3 Å². The Kier molecular flexibility index (Phi) is 4.98. The van der Waals surface area contributed by atoms with Crippen molar-refractivity contribution in [3.05, 3.63) is 29.3 Å². The smallest absolute Gasteiger partial charge is 0.369 e. The van der Waals surface area contributed by atoms with E-state index in [0.29, 0.717) is 10.7 Å². The third-order valence-electron chi connectivity index (χ3n) is 1.74. The number of hydrazone groups is 1. The van der Waals surface area contributed by atoms with Crippen LogP contribution in [0.4, 0.5) is 5.69 Å². The molecule has 0 aliphatic carbocycles. The molecule has 0 radical (unpaired) electrons. The standard InChI is InChI=1S/C11H10ClN3O2/c1-2-17-11(16)10(7-13)15-14-9-6-4-3-5-8(9)12/h3-6,14H,2H2,1H3/b15-10-. The zero-order chi connectivity index (χ0) is 12.7. The molecule has 0 saturated heterocycles. The van der Waals surface area contributed by atoms with E-state index >= 15 is 0 Å². The molecule has 0 bridgehead atoms. The number of ether oxygens (including phenoxy) is 1. The second-order valence-electron chi connectivity index (χ2n) is 2.88. The molecule has 17 heavy (non-hydrogen) atoms. The molecule has 6 heteroatoms. The fraction of sp³-hybridized carbons (Fsp3) is 0.182. The van der Waals surface area contributed by atoms with Gasteiger partial charge in [0.15, 0.2) is 0 Å². The van der Waals surface area contributed by atoms with Crippen molar-refractivity contribution < 1.29 is 9.53 Å². The lowest BCUT2D eigenvalue weighted by molar-refractivity contribution is -0.134. The van der Waals surface area contributed by atoms with E-state index in [9.17, 15) is 4.79 Å². The van der Waals surface area contributed by atoms with Crippen molar-refractivity contribution in [2.24, 2.45) is 5.10 Å². The molecular formula is C11H10ClN3O2. The highest BCUT2D eigenvalue weighted by Crippen LogP contribution is 2.20. The molecule has 1 N–H and O–H groups in total. The van der Waals surface area contributed by atoms with Gasteiger partial charge in [0.05, 0.1) is 17.3 Å². The lowest BCUT2D eigenvalue weighted by atomic mass is 10.3. The molecule has 0 fully saturated rings. The van der Waals surface area contributed by atoms with Gasteiger partial charge in [-0.25, -0.2) is 4.79 Å². The molecule has 0 spiro atoms. The molecule has 0 aromatic heterocycles. The van der Waals surface area contributed by atoms with Gasteiger partial charge in [-0.1, -0.05) is 23.7 Å². The summed E-state index contributed by atoms with van der Waals surface area (Å²) in [5.74, 6) is -0.769. The van der Waals surface area contributed by atoms with Crippen LogP contribution in [0.3, 0.4) is 0 Å². The second-order valence-corrected chi connectivity index (χ2v) is 3.29. The molecule has 0 saturated carbocycles. The van der Waals surface area contributed by atoms with Crippen LogP contribution < -0.4 is 5.43 Å². The van der Waals surface area contributed by atoms with E-state index in [-0.39, 0.29) is 12.3 Å². The van der Waals surface area contributed by atoms with Gasteiger partial charge in [-0.05, 0) is 19.1 Å². The van der Waals surface area contributed by atoms with Crippen LogP contribution in [0.1, 0.15) is 6.92 Å². The summed E-state index contributed by atoms with van der Waals surface area (Å²) < 4.78 is 4.65. The Morgan fingerprint density at radius 2 is 2.29 bits per heavy atom. The Morgan fingerprint density at radius 1 is 1.59 bits per heavy atom. The van der Waals surface area contributed by atoms with E-state index in [2.05, 4.69) is 15.3 Å². The molecule has 1 rings (SSSR count). The minimum Gasteiger partial charge on any atom is -0.461 e. The Labute approximate surface area is 104 Å². The van der Waals surface area contributed by atoms with E-state index in [4.69, 9.17) is 16.9 Å². The summed E-state index contributed by atoms with van der Waals surface area (Å²) in [7, 11) is 0. The molecular weight excluding hydrogens is 242 g/mol. The number of nitrogens with zero attached hydrogens (tertiary/aromatic N) is 2. The summed E-state index contributed by atoms with van der Waals surface area (Å²) in [5, 5.41) is 12.8. The van der Waals surface area contributed by atoms with Crippen LogP contribution in [-0.4, -0.2) is 18.3 Å². The van der Waals surface area contributed by atoms with Crippen molar-refractivity contribution in [3.63, 3.8) is 0 Å². The lowest BCUT2D eigenvalue weighted by Gasteiger charge is -2.03. The van der Waals surface area contributed by atoms with Crippen LogP contribution in [0.25, 0.3) is 0 Å². The number of carbonyl (C=O) groups is 1. The number of para-hydroxylation sites is 1. The molecule has 0 unspecified atom stereocenters. The zero-order valence-corrected chi connectivity index (χ0v) is 9.86. The first-order chi connectivity index (χ1) is 8.19. The van der Waals surface area contributed by atoms with Crippen LogP contribution in [0.2, 0.25) is 5.02 Å². The van der Waals surface area contributed by atoms with Crippen LogP contribution in [0.15, 0.2) is 29.4 Å². The van der Waals surface area contributed by atoms with Crippen molar-refractivity contribution >= 4 is 29.0 Å². The Morgan fingerprint density at radius 3 is 2.88 bits per heavy atom. The van der Waals surface area contributed by atoms with Gasteiger partial charge in [0.25, 0.3) is 0 Å². The molecule has 88 valence electrons. The van der Waals surface area contributed by atoms with E-state index in [1.807, 2.05) is 0 Å². The fourth-order valence-corrected chi connectivity index (χ4v) is 1.16. The minimum absolute atomic E-state index is 0.186. The third-order valence-corrected chi connectivity index (χ3v) is 2.07. The highest BCUT2D eigenvalue weighted by Gasteiger charge is 2.11. The van der Waals surface area contributed by atoms with Crippen molar-refractivity contribution in [1.82, 2.24) is 0 Å². The van der Waals surface area contributed by atoms with E-state index in [0.717, 1.165) is 0 Å². The average molecular weight is 252 g/mol. The fourth-order valence-electron chi connectivity index (χ4n) is 0.984. The number of halogens is 1. The van der Waals surface area contributed by atoms with Crippen molar-refractivity contribution in [3.8, 4) is 6.07 Å². The summed E-state index contributed by atoms with van der Waals surface area (Å²) in [6, 6.07) is 8.49. The number of hydrogen-bond acceptors (Lipinski definition) is 5. The van der Waals surface area contributed by atoms with Crippen molar-refractivity contribution in [2.75, 3.05) is 12.0 Å². The maximum Gasteiger partial charge on any atom is 0.369 e. The largest absolute Gasteiger partial charge is 0.461 e. The van der Waals surface area contributed by atoms with Gasteiger partial charge in [0.1, 0.15) is 6.07 Å². The molecule has 0 heterocycles. The van der Waals surface area contributed by atoms with Gasteiger partial charge in [-0.15, -0.1) is 0 Å². The summed E-state index contributed by atoms with van der Waals surface area (Å²) in [5.41, 5.74) is 2.69. The van der Waals surface area contributed by atoms with Crippen molar-refractivity contribution in [1.29, 1.82) is 5.26 Å². The Bertz CT molecular complexity index is 480. The number of hydrogen-bond donors (Lipinski definition) is 1. The van der Waals surface area contributed by atoms with Crippen LogP contribution in [-0.2, 0) is 9.53 Å². The summed E-state index contributed by atoms with van der Waals surface area (Å²) in [4.78, 5) is 11.2. The maximum absolute atomic E-state index is 11.2. The van der Waals surface area contributed by atoms with Gasteiger partial charge in [-0.3, -0.25) is 5.43 Å². The number of esters is 1. The molecule has 0 aliphatic heterocycles. The van der Waals surface area contributed by atoms with Crippen molar-refractivity contribution in [2.45, 2.75) is 6.92 Å². The number of nitrogens with one attached hydrogen (secondary N) is 1. The molecule has 1 aromatic rings. The molecule has 0 atom stereocenters. The Balaban J connectivity index is 2.79. The summed E-state index contributed by atoms with van der Waals surface area (Å²) >= 11 is 5.86. The van der Waals surface area contributed by atoms with Crippen LogP contribution >= 0.6 is 11.6 Å². The Hall–Kier alpha value is -2.06. The first-order valence-electron chi connectivity index (χ1n) is 4.84. The van der Waals surface area contributed by atoms with Crippen LogP contribution in [0.5, 0.6) is 0 Å². The molecule has 0 amide bonds. The first-order valence-corrected chi connectivity index (χ1v) is 5.22. The zero-order valence-electron chi connectivity index (χ0n) is 9.11. The molecule has 0 aliphatic rings. The predicted octanol–water partition coefficient (Wildman–Crippen LogP) is 2.19.